The van der Waals surface area contributed by atoms with Crippen molar-refractivity contribution in [1.29, 1.82) is 0 Å². The molecule has 0 fully saturated rings. The molecule has 26 heavy (non-hydrogen) atoms. The molecule has 0 heterocycles. The summed E-state index contributed by atoms with van der Waals surface area (Å²) in [5.41, 5.74) is 4.78. The van der Waals surface area contributed by atoms with Crippen LogP contribution in [0.1, 0.15) is 31.7 Å². The van der Waals surface area contributed by atoms with Gasteiger partial charge >= 0.3 is 154 Å². The first kappa shape index (κ1) is 25.7. The average Bonchev–Trinajstić information content (AvgIpc) is 2.86. The molecule has 0 unspecified atom stereocenters. The van der Waals surface area contributed by atoms with Crippen LogP contribution in [0.2, 0.25) is 0 Å². The first-order valence-corrected chi connectivity index (χ1v) is 10.7. The first-order valence-electron chi connectivity index (χ1n) is 8.50. The number of hydrogen-bond donors (Lipinski definition) is 0. The summed E-state index contributed by atoms with van der Waals surface area (Å²) >= 11 is 2.36. The van der Waals surface area contributed by atoms with Crippen LogP contribution in [0.5, 0.6) is 0 Å². The Labute approximate surface area is 190 Å². The molecular weight excluding hydrogens is 435 g/mol. The Kier molecular flexibility index (Phi) is 12.9. The zero-order valence-corrected chi connectivity index (χ0v) is 20.2. The molecule has 0 radical (unpaired) electrons. The Morgan fingerprint density at radius 3 is 2.04 bits per heavy atom. The van der Waals surface area contributed by atoms with Gasteiger partial charge in [-0.15, -0.1) is 0 Å². The molecular formula is C21H23Cl3SiTi. The van der Waals surface area contributed by atoms with E-state index in [2.05, 4.69) is 88.0 Å². The SMILES string of the molecule is CCCC1=[C]([Ti+3])C(Cc2ccccc2)=C([SiH2]c2ccccc2)C1.[Cl-].[Cl-].[Cl-]. The van der Waals surface area contributed by atoms with E-state index < -0.39 is 0 Å². The molecule has 5 heteroatoms. The minimum Gasteiger partial charge on any atom is -1.00 e. The number of allylic oxidation sites excluding steroid dienone is 4. The van der Waals surface area contributed by atoms with Gasteiger partial charge < -0.3 is 37.2 Å². The fourth-order valence-corrected chi connectivity index (χ4v) is 6.35. The van der Waals surface area contributed by atoms with Gasteiger partial charge in [0.1, 0.15) is 0 Å². The van der Waals surface area contributed by atoms with Crippen molar-refractivity contribution in [3.05, 3.63) is 86.4 Å². The molecule has 136 valence electrons. The number of benzene rings is 2. The van der Waals surface area contributed by atoms with Crippen LogP contribution in [0.3, 0.4) is 0 Å². The normalized spacial score (nSPS) is 13.5. The van der Waals surface area contributed by atoms with E-state index in [-0.39, 0.29) is 46.7 Å². The van der Waals surface area contributed by atoms with Crippen LogP contribution in [0.4, 0.5) is 0 Å². The second-order valence-electron chi connectivity index (χ2n) is 6.31. The van der Waals surface area contributed by atoms with E-state index in [0.717, 1.165) is 6.42 Å². The smallest absolute Gasteiger partial charge is 1.00 e. The molecule has 0 N–H and O–H groups in total. The summed E-state index contributed by atoms with van der Waals surface area (Å²) in [4.78, 5) is 0. The topological polar surface area (TPSA) is 0 Å². The zero-order valence-electron chi connectivity index (χ0n) is 14.9. The van der Waals surface area contributed by atoms with Crippen molar-refractivity contribution in [2.24, 2.45) is 0 Å². The zero-order chi connectivity index (χ0) is 16.1. The van der Waals surface area contributed by atoms with Crippen molar-refractivity contribution in [3.63, 3.8) is 0 Å². The Bertz CT molecular complexity index is 727. The van der Waals surface area contributed by atoms with Crippen LogP contribution in [0.25, 0.3) is 0 Å². The Balaban J connectivity index is 0.00000208. The van der Waals surface area contributed by atoms with Crippen LogP contribution in [-0.2, 0) is 26.9 Å². The van der Waals surface area contributed by atoms with Gasteiger partial charge in [-0.3, -0.25) is 0 Å². The van der Waals surface area contributed by atoms with Gasteiger partial charge in [-0.2, -0.15) is 0 Å². The number of rotatable bonds is 6. The molecule has 2 aromatic rings. The van der Waals surface area contributed by atoms with Crippen LogP contribution in [0.15, 0.2) is 80.9 Å². The maximum atomic E-state index is 2.36. The van der Waals surface area contributed by atoms with E-state index in [1.807, 2.05) is 0 Å². The van der Waals surface area contributed by atoms with Gasteiger partial charge in [0.05, 0.1) is 0 Å². The van der Waals surface area contributed by atoms with Gasteiger partial charge in [-0.25, -0.2) is 0 Å². The van der Waals surface area contributed by atoms with Crippen molar-refractivity contribution < 1.29 is 57.7 Å². The summed E-state index contributed by atoms with van der Waals surface area (Å²) in [7, 11) is -0.341. The Hall–Kier alpha value is -0.279. The molecule has 0 amide bonds. The van der Waals surface area contributed by atoms with Crippen molar-refractivity contribution in [2.45, 2.75) is 32.6 Å². The number of halogens is 3. The second kappa shape index (κ2) is 13.0. The molecule has 0 spiro atoms. The van der Waals surface area contributed by atoms with Crippen LogP contribution in [0, 0.1) is 0 Å². The summed E-state index contributed by atoms with van der Waals surface area (Å²) in [6.45, 7) is 2.30. The summed E-state index contributed by atoms with van der Waals surface area (Å²) in [5.74, 6) is 0. The fourth-order valence-electron chi connectivity index (χ4n) is 3.38. The predicted octanol–water partition coefficient (Wildman–Crippen LogP) is -5.01. The fraction of sp³-hybridized carbons (Fsp3) is 0.238. The van der Waals surface area contributed by atoms with Crippen LogP contribution in [-0.4, -0.2) is 9.52 Å². The van der Waals surface area contributed by atoms with Gasteiger partial charge in [0.15, 0.2) is 0 Å². The van der Waals surface area contributed by atoms with Gasteiger partial charge in [-0.1, -0.05) is 0 Å². The Morgan fingerprint density at radius 1 is 0.885 bits per heavy atom. The summed E-state index contributed by atoms with van der Waals surface area (Å²) in [5, 5.41) is 3.33. The largest absolute Gasteiger partial charge is 1.00 e. The standard InChI is InChI=1S/C21H23Si.3ClH.Ti/c1-2-9-18-15-19(14-17-10-5-3-6-11-17)21(16-18)22-20-12-7-4-8-13-20;;;;/h3-8,10-13H,2,9,14,16,22H2,1H3;3*1H;/q;;;;+3/p-3. The molecule has 0 atom stereocenters. The maximum Gasteiger partial charge on any atom is -1.00 e. The summed E-state index contributed by atoms with van der Waals surface area (Å²) in [6.07, 6.45) is 4.86. The molecule has 3 rings (SSSR count). The van der Waals surface area contributed by atoms with Crippen LogP contribution >= 0.6 is 0 Å². The molecule has 0 bridgehead atoms. The quantitative estimate of drug-likeness (QED) is 0.381. The number of hydrogen-bond acceptors (Lipinski definition) is 0. The molecule has 0 saturated heterocycles. The average molecular weight is 458 g/mol. The summed E-state index contributed by atoms with van der Waals surface area (Å²) in [6, 6.07) is 22.1. The van der Waals surface area contributed by atoms with E-state index in [1.54, 1.807) is 25.4 Å². The molecule has 0 aromatic heterocycles. The van der Waals surface area contributed by atoms with E-state index in [1.165, 1.54) is 24.8 Å². The molecule has 1 aliphatic rings. The second-order valence-corrected chi connectivity index (χ2v) is 9.12. The van der Waals surface area contributed by atoms with Crippen molar-refractivity contribution >= 4 is 14.7 Å². The van der Waals surface area contributed by atoms with Gasteiger partial charge in [0.2, 0.25) is 0 Å². The first-order chi connectivity index (χ1) is 11.3. The van der Waals surface area contributed by atoms with Crippen molar-refractivity contribution in [2.75, 3.05) is 0 Å². The minimum absolute atomic E-state index is 0. The van der Waals surface area contributed by atoms with E-state index >= 15 is 0 Å². The minimum atomic E-state index is -0.341. The molecule has 0 nitrogen and oxygen atoms in total. The van der Waals surface area contributed by atoms with E-state index in [4.69, 9.17) is 0 Å². The Morgan fingerprint density at radius 2 is 1.46 bits per heavy atom. The third-order valence-electron chi connectivity index (χ3n) is 4.54. The van der Waals surface area contributed by atoms with Gasteiger partial charge in [-0.05, 0) is 0 Å². The van der Waals surface area contributed by atoms with Crippen molar-refractivity contribution in [1.82, 2.24) is 0 Å². The van der Waals surface area contributed by atoms with Crippen molar-refractivity contribution in [3.8, 4) is 0 Å². The van der Waals surface area contributed by atoms with Gasteiger partial charge in [0, 0.05) is 0 Å². The molecule has 0 aliphatic heterocycles. The van der Waals surface area contributed by atoms with E-state index in [9.17, 15) is 0 Å². The monoisotopic (exact) mass is 456 g/mol. The third-order valence-corrected chi connectivity index (χ3v) is 7.55. The molecule has 0 saturated carbocycles. The van der Waals surface area contributed by atoms with E-state index in [0.29, 0.717) is 0 Å². The van der Waals surface area contributed by atoms with Gasteiger partial charge in [0.25, 0.3) is 0 Å². The van der Waals surface area contributed by atoms with Crippen LogP contribution < -0.4 is 42.4 Å². The molecule has 2 aromatic carbocycles. The predicted molar refractivity (Wildman–Crippen MR) is 98.3 cm³/mol. The molecule has 1 aliphatic carbocycles. The third kappa shape index (κ3) is 6.71. The summed E-state index contributed by atoms with van der Waals surface area (Å²) < 4.78 is 1.59. The maximum absolute atomic E-state index is 2.36.